The number of guanidine groups is 1. The molecule has 7 heteroatoms. The van der Waals surface area contributed by atoms with Gasteiger partial charge < -0.3 is 10.2 Å². The van der Waals surface area contributed by atoms with Gasteiger partial charge in [0.05, 0.1) is 11.5 Å². The van der Waals surface area contributed by atoms with E-state index >= 15 is 0 Å². The molecule has 2 aliphatic rings. The maximum Gasteiger partial charge on any atom is 0.269 e. The van der Waals surface area contributed by atoms with E-state index in [1.807, 2.05) is 6.07 Å². The Hall–Kier alpha value is -1.38. The van der Waals surface area contributed by atoms with Crippen molar-refractivity contribution in [3.05, 3.63) is 39.9 Å². The first kappa shape index (κ1) is 19.9. The van der Waals surface area contributed by atoms with Crippen molar-refractivity contribution in [2.45, 2.75) is 45.6 Å². The third-order valence-electron chi connectivity index (χ3n) is 5.27. The van der Waals surface area contributed by atoms with E-state index < -0.39 is 0 Å². The summed E-state index contributed by atoms with van der Waals surface area (Å²) >= 11 is 0. The number of benzene rings is 1. The van der Waals surface area contributed by atoms with Crippen LogP contribution in [0.15, 0.2) is 29.3 Å². The van der Waals surface area contributed by atoms with Crippen LogP contribution in [0.25, 0.3) is 0 Å². The van der Waals surface area contributed by atoms with E-state index in [9.17, 15) is 10.1 Å². The van der Waals surface area contributed by atoms with E-state index in [-0.39, 0.29) is 34.6 Å². The molecule has 0 bridgehead atoms. The van der Waals surface area contributed by atoms with E-state index in [0.717, 1.165) is 31.2 Å². The molecular weight excluding hydrogens is 431 g/mol. The highest BCUT2D eigenvalue weighted by Gasteiger charge is 2.41. The molecule has 1 aromatic rings. The minimum absolute atomic E-state index is 0. The molecule has 0 atom stereocenters. The van der Waals surface area contributed by atoms with Gasteiger partial charge in [0.25, 0.3) is 5.69 Å². The molecule has 0 radical (unpaired) electrons. The number of aliphatic imine (C=N–C) groups is 1. The predicted molar refractivity (Wildman–Crippen MR) is 110 cm³/mol. The predicted octanol–water partition coefficient (Wildman–Crippen LogP) is 3.94. The first-order chi connectivity index (χ1) is 11.6. The quantitative estimate of drug-likeness (QED) is 0.244. The smallest absolute Gasteiger partial charge is 0.269 e. The number of halogens is 1. The molecule has 1 aromatic carbocycles. The molecule has 0 unspecified atom stereocenters. The van der Waals surface area contributed by atoms with Crippen molar-refractivity contribution >= 4 is 35.6 Å². The van der Waals surface area contributed by atoms with Gasteiger partial charge in [0.2, 0.25) is 0 Å². The molecule has 3 rings (SSSR count). The normalized spacial score (nSPS) is 19.1. The number of nitrogens with one attached hydrogen (secondary N) is 1. The summed E-state index contributed by atoms with van der Waals surface area (Å²) in [6.45, 7) is 5.52. The van der Waals surface area contributed by atoms with Crippen molar-refractivity contribution in [2.75, 3.05) is 19.6 Å². The molecule has 1 heterocycles. The van der Waals surface area contributed by atoms with Crippen LogP contribution >= 0.6 is 24.0 Å². The minimum atomic E-state index is -0.358. The van der Waals surface area contributed by atoms with Gasteiger partial charge in [-0.25, -0.2) is 4.99 Å². The van der Waals surface area contributed by atoms with E-state index in [4.69, 9.17) is 4.99 Å². The van der Waals surface area contributed by atoms with Crippen molar-refractivity contribution in [2.24, 2.45) is 10.4 Å². The van der Waals surface area contributed by atoms with Crippen molar-refractivity contribution in [3.8, 4) is 0 Å². The fraction of sp³-hybridized carbons (Fsp3) is 0.611. The monoisotopic (exact) mass is 458 g/mol. The molecule has 138 valence electrons. The Morgan fingerprint density at radius 3 is 2.80 bits per heavy atom. The summed E-state index contributed by atoms with van der Waals surface area (Å²) in [5.74, 6) is 0.938. The van der Waals surface area contributed by atoms with E-state index in [0.29, 0.717) is 12.0 Å². The second kappa shape index (κ2) is 8.82. The zero-order valence-electron chi connectivity index (χ0n) is 14.7. The van der Waals surface area contributed by atoms with Gasteiger partial charge in [0.1, 0.15) is 0 Å². The van der Waals surface area contributed by atoms with Crippen molar-refractivity contribution in [3.63, 3.8) is 0 Å². The Bertz CT molecular complexity index is 629. The van der Waals surface area contributed by atoms with Gasteiger partial charge in [-0.2, -0.15) is 0 Å². The maximum atomic E-state index is 10.9. The number of non-ortho nitro benzene ring substituents is 1. The highest BCUT2D eigenvalue weighted by Crippen LogP contribution is 2.45. The second-order valence-electron chi connectivity index (χ2n) is 6.98. The molecule has 2 fully saturated rings. The number of nitro groups is 1. The molecule has 1 N–H and O–H groups in total. The Kier molecular flexibility index (Phi) is 7.04. The summed E-state index contributed by atoms with van der Waals surface area (Å²) in [5.41, 5.74) is 1.50. The van der Waals surface area contributed by atoms with Crippen LogP contribution in [-0.2, 0) is 6.54 Å². The standard InChI is InChI=1S/C18H26N4O2.HI/c1-2-19-17(21-11-10-18(14-21)8-3-4-9-18)20-13-15-6-5-7-16(12-15)22(23)24;/h5-7,12H,2-4,8-11,13-14H2,1H3,(H,19,20);1H. The van der Waals surface area contributed by atoms with Crippen molar-refractivity contribution < 1.29 is 4.92 Å². The van der Waals surface area contributed by atoms with Crippen LogP contribution < -0.4 is 5.32 Å². The molecule has 25 heavy (non-hydrogen) atoms. The van der Waals surface area contributed by atoms with Crippen molar-refractivity contribution in [1.82, 2.24) is 10.2 Å². The lowest BCUT2D eigenvalue weighted by atomic mass is 9.86. The summed E-state index contributed by atoms with van der Waals surface area (Å²) in [7, 11) is 0. The largest absolute Gasteiger partial charge is 0.357 e. The molecule has 1 aliphatic carbocycles. The van der Waals surface area contributed by atoms with E-state index in [2.05, 4.69) is 17.1 Å². The zero-order valence-corrected chi connectivity index (χ0v) is 17.1. The average molecular weight is 458 g/mol. The van der Waals surface area contributed by atoms with Crippen LogP contribution in [0.4, 0.5) is 5.69 Å². The molecule has 0 aromatic heterocycles. The number of rotatable bonds is 4. The summed E-state index contributed by atoms with van der Waals surface area (Å²) in [5, 5.41) is 14.3. The summed E-state index contributed by atoms with van der Waals surface area (Å²) in [6.07, 6.45) is 6.65. The van der Waals surface area contributed by atoms with Gasteiger partial charge in [-0.15, -0.1) is 24.0 Å². The maximum absolute atomic E-state index is 10.9. The number of hydrogen-bond acceptors (Lipinski definition) is 3. The lowest BCUT2D eigenvalue weighted by molar-refractivity contribution is -0.384. The fourth-order valence-corrected chi connectivity index (χ4v) is 4.01. The topological polar surface area (TPSA) is 70.8 Å². The third kappa shape index (κ3) is 4.83. The SMILES string of the molecule is CCNC(=NCc1cccc([N+](=O)[O-])c1)N1CCC2(CCCC2)C1.I. The lowest BCUT2D eigenvalue weighted by Gasteiger charge is -2.26. The van der Waals surface area contributed by atoms with Crippen molar-refractivity contribution in [1.29, 1.82) is 0 Å². The highest BCUT2D eigenvalue weighted by atomic mass is 127. The third-order valence-corrected chi connectivity index (χ3v) is 5.27. The molecular formula is C18H27IN4O2. The number of hydrogen-bond donors (Lipinski definition) is 1. The van der Waals surface area contributed by atoms with Crippen LogP contribution in [0.2, 0.25) is 0 Å². The average Bonchev–Trinajstić information content (AvgIpc) is 3.22. The highest BCUT2D eigenvalue weighted by molar-refractivity contribution is 14.0. The Labute approximate surface area is 166 Å². The molecule has 0 amide bonds. The van der Waals surface area contributed by atoms with Crippen LogP contribution in [0.3, 0.4) is 0 Å². The van der Waals surface area contributed by atoms with Gasteiger partial charge >= 0.3 is 0 Å². The van der Waals surface area contributed by atoms with Crippen LogP contribution in [0, 0.1) is 15.5 Å². The van der Waals surface area contributed by atoms with Crippen LogP contribution in [0.1, 0.15) is 44.6 Å². The van der Waals surface area contributed by atoms with Crippen LogP contribution in [-0.4, -0.2) is 35.4 Å². The molecule has 1 spiro atoms. The van der Waals surface area contributed by atoms with Gasteiger partial charge in [-0.3, -0.25) is 10.1 Å². The minimum Gasteiger partial charge on any atom is -0.357 e. The van der Waals surface area contributed by atoms with Gasteiger partial charge in [-0.1, -0.05) is 25.0 Å². The summed E-state index contributed by atoms with van der Waals surface area (Å²) in [4.78, 5) is 17.6. The molecule has 1 aliphatic heterocycles. The number of likely N-dealkylation sites (tertiary alicyclic amines) is 1. The lowest BCUT2D eigenvalue weighted by Crippen LogP contribution is -2.41. The Balaban J connectivity index is 0.00000225. The van der Waals surface area contributed by atoms with E-state index in [1.165, 1.54) is 38.2 Å². The second-order valence-corrected chi connectivity index (χ2v) is 6.98. The molecule has 1 saturated carbocycles. The number of nitrogens with zero attached hydrogens (tertiary/aromatic N) is 3. The molecule has 6 nitrogen and oxygen atoms in total. The number of nitro benzene ring substituents is 1. The van der Waals surface area contributed by atoms with Gasteiger partial charge in [-0.05, 0) is 37.2 Å². The Morgan fingerprint density at radius 1 is 1.36 bits per heavy atom. The first-order valence-corrected chi connectivity index (χ1v) is 8.88. The zero-order chi connectivity index (χ0) is 17.0. The first-order valence-electron chi connectivity index (χ1n) is 8.88. The summed E-state index contributed by atoms with van der Waals surface area (Å²) < 4.78 is 0. The summed E-state index contributed by atoms with van der Waals surface area (Å²) in [6, 6.07) is 6.74. The van der Waals surface area contributed by atoms with Crippen LogP contribution in [0.5, 0.6) is 0 Å². The Morgan fingerprint density at radius 2 is 2.12 bits per heavy atom. The van der Waals surface area contributed by atoms with Gasteiger partial charge in [0, 0.05) is 31.8 Å². The van der Waals surface area contributed by atoms with E-state index in [1.54, 1.807) is 12.1 Å². The molecule has 1 saturated heterocycles. The van der Waals surface area contributed by atoms with Gasteiger partial charge in [0.15, 0.2) is 5.96 Å². The fourth-order valence-electron chi connectivity index (χ4n) is 4.01.